The minimum atomic E-state index is -0.817. The van der Waals surface area contributed by atoms with E-state index in [4.69, 9.17) is 5.11 Å². The van der Waals surface area contributed by atoms with Crippen LogP contribution in [0.2, 0.25) is 0 Å². The summed E-state index contributed by atoms with van der Waals surface area (Å²) in [6, 6.07) is 0. The molecule has 19 heavy (non-hydrogen) atoms. The number of rotatable bonds is 7. The summed E-state index contributed by atoms with van der Waals surface area (Å²) >= 11 is 1.27. The smallest absolute Gasteiger partial charge is 0.313 e. The van der Waals surface area contributed by atoms with Gasteiger partial charge in [0.05, 0.1) is 5.75 Å². The summed E-state index contributed by atoms with van der Waals surface area (Å²) in [5, 5.41) is 18.1. The van der Waals surface area contributed by atoms with Crippen molar-refractivity contribution in [2.24, 2.45) is 0 Å². The molecule has 0 aliphatic heterocycles. The lowest BCUT2D eigenvalue weighted by atomic mass is 9.95. The second kappa shape index (κ2) is 5.53. The molecule has 106 valence electrons. The second-order valence-electron chi connectivity index (χ2n) is 5.34. The van der Waals surface area contributed by atoms with Crippen LogP contribution in [0.1, 0.15) is 58.2 Å². The number of aliphatic carboxylic acids is 1. The highest BCUT2D eigenvalue weighted by Crippen LogP contribution is 2.43. The molecule has 0 bridgehead atoms. The van der Waals surface area contributed by atoms with E-state index in [0.717, 1.165) is 23.8 Å². The lowest BCUT2D eigenvalue weighted by Gasteiger charge is -2.31. The van der Waals surface area contributed by atoms with E-state index in [9.17, 15) is 4.79 Å². The average molecular weight is 283 g/mol. The molecule has 1 fully saturated rings. The summed E-state index contributed by atoms with van der Waals surface area (Å²) in [5.74, 6) is 0.775. The Labute approximate surface area is 117 Å². The molecule has 0 amide bonds. The number of aromatic nitrogens is 3. The maximum absolute atomic E-state index is 10.7. The molecule has 1 aliphatic carbocycles. The lowest BCUT2D eigenvalue weighted by Crippen LogP contribution is -2.31. The van der Waals surface area contributed by atoms with Crippen LogP contribution >= 0.6 is 11.8 Å². The molecule has 0 unspecified atom stereocenters. The zero-order valence-corrected chi connectivity index (χ0v) is 12.5. The highest BCUT2D eigenvalue weighted by atomic mass is 32.2. The third-order valence-electron chi connectivity index (χ3n) is 3.99. The molecule has 0 saturated heterocycles. The van der Waals surface area contributed by atoms with Crippen LogP contribution in [-0.2, 0) is 10.3 Å². The standard InChI is InChI=1S/C13H21N3O2S/c1-4-13(3,5-2)16-11(9-6-7-9)14-15-12(16)19-8-10(17)18/h9H,4-8H2,1-3H3,(H,17,18). The monoisotopic (exact) mass is 283 g/mol. The van der Waals surface area contributed by atoms with Crippen LogP contribution in [0.3, 0.4) is 0 Å². The maximum Gasteiger partial charge on any atom is 0.313 e. The molecule has 0 aromatic carbocycles. The van der Waals surface area contributed by atoms with Crippen molar-refractivity contribution in [1.82, 2.24) is 14.8 Å². The van der Waals surface area contributed by atoms with Crippen LogP contribution in [0.15, 0.2) is 5.16 Å². The van der Waals surface area contributed by atoms with Gasteiger partial charge in [0.25, 0.3) is 0 Å². The van der Waals surface area contributed by atoms with Gasteiger partial charge >= 0.3 is 5.97 Å². The molecule has 1 heterocycles. The molecule has 5 nitrogen and oxygen atoms in total. The quantitative estimate of drug-likeness (QED) is 0.779. The van der Waals surface area contributed by atoms with Gasteiger partial charge < -0.3 is 5.11 Å². The third kappa shape index (κ3) is 2.94. The van der Waals surface area contributed by atoms with Crippen LogP contribution in [0.25, 0.3) is 0 Å². The summed E-state index contributed by atoms with van der Waals surface area (Å²) in [6.07, 6.45) is 4.32. The number of hydrogen-bond acceptors (Lipinski definition) is 4. The van der Waals surface area contributed by atoms with Crippen molar-refractivity contribution in [3.63, 3.8) is 0 Å². The van der Waals surface area contributed by atoms with Crippen molar-refractivity contribution in [1.29, 1.82) is 0 Å². The fourth-order valence-electron chi connectivity index (χ4n) is 2.18. The van der Waals surface area contributed by atoms with E-state index in [1.54, 1.807) is 0 Å². The van der Waals surface area contributed by atoms with Gasteiger partial charge in [0.1, 0.15) is 5.82 Å². The fourth-order valence-corrected chi connectivity index (χ4v) is 2.97. The Morgan fingerprint density at radius 1 is 1.42 bits per heavy atom. The van der Waals surface area contributed by atoms with Gasteiger partial charge in [-0.15, -0.1) is 10.2 Å². The predicted molar refractivity (Wildman–Crippen MR) is 74.6 cm³/mol. The van der Waals surface area contributed by atoms with Crippen molar-refractivity contribution >= 4 is 17.7 Å². The fraction of sp³-hybridized carbons (Fsp3) is 0.769. The first-order valence-corrected chi connectivity index (χ1v) is 7.80. The summed E-state index contributed by atoms with van der Waals surface area (Å²) in [4.78, 5) is 10.7. The Kier molecular flexibility index (Phi) is 4.18. The number of carbonyl (C=O) groups is 1. The molecule has 0 atom stereocenters. The average Bonchev–Trinajstić information content (AvgIpc) is 3.15. The van der Waals surface area contributed by atoms with Gasteiger partial charge in [-0.2, -0.15) is 0 Å². The zero-order chi connectivity index (χ0) is 14.0. The van der Waals surface area contributed by atoms with Crippen LogP contribution < -0.4 is 0 Å². The van der Waals surface area contributed by atoms with Crippen LogP contribution in [0.5, 0.6) is 0 Å². The van der Waals surface area contributed by atoms with E-state index < -0.39 is 5.97 Å². The Bertz CT molecular complexity index is 464. The number of nitrogens with zero attached hydrogens (tertiary/aromatic N) is 3. The van der Waals surface area contributed by atoms with Crippen molar-refractivity contribution in [3.05, 3.63) is 5.82 Å². The molecule has 1 aliphatic rings. The summed E-state index contributed by atoms with van der Waals surface area (Å²) in [7, 11) is 0. The Hall–Kier alpha value is -1.04. The van der Waals surface area contributed by atoms with Crippen LogP contribution in [0.4, 0.5) is 0 Å². The zero-order valence-electron chi connectivity index (χ0n) is 11.7. The van der Waals surface area contributed by atoms with E-state index in [-0.39, 0.29) is 11.3 Å². The highest BCUT2D eigenvalue weighted by molar-refractivity contribution is 7.99. The Balaban J connectivity index is 2.35. The minimum absolute atomic E-state index is 0.0255. The molecule has 1 N–H and O–H groups in total. The van der Waals surface area contributed by atoms with Gasteiger partial charge in [-0.05, 0) is 32.6 Å². The Morgan fingerprint density at radius 3 is 2.53 bits per heavy atom. The molecule has 1 aromatic heterocycles. The third-order valence-corrected chi connectivity index (χ3v) is 4.90. The molecule has 2 rings (SSSR count). The first-order valence-electron chi connectivity index (χ1n) is 6.82. The first kappa shape index (κ1) is 14.4. The normalized spacial score (nSPS) is 15.7. The molecule has 1 aromatic rings. The highest BCUT2D eigenvalue weighted by Gasteiger charge is 2.36. The van der Waals surface area contributed by atoms with Gasteiger partial charge in [0.15, 0.2) is 5.16 Å². The molecule has 0 spiro atoms. The molecular weight excluding hydrogens is 262 g/mol. The number of carboxylic acid groups (broad SMARTS) is 1. The van der Waals surface area contributed by atoms with Gasteiger partial charge in [-0.25, -0.2) is 0 Å². The SMILES string of the molecule is CCC(C)(CC)n1c(SCC(=O)O)nnc1C1CC1. The van der Waals surface area contributed by atoms with Crippen molar-refractivity contribution < 1.29 is 9.90 Å². The minimum Gasteiger partial charge on any atom is -0.481 e. The van der Waals surface area contributed by atoms with Crippen LogP contribution in [-0.4, -0.2) is 31.6 Å². The second-order valence-corrected chi connectivity index (χ2v) is 6.28. The van der Waals surface area contributed by atoms with E-state index >= 15 is 0 Å². The lowest BCUT2D eigenvalue weighted by molar-refractivity contribution is -0.133. The van der Waals surface area contributed by atoms with E-state index in [1.807, 2.05) is 0 Å². The van der Waals surface area contributed by atoms with Crippen molar-refractivity contribution in [3.8, 4) is 0 Å². The Morgan fingerprint density at radius 2 is 2.05 bits per heavy atom. The molecule has 6 heteroatoms. The molecular formula is C13H21N3O2S. The summed E-state index contributed by atoms with van der Waals surface area (Å²) in [5.41, 5.74) is -0.0255. The molecule has 0 radical (unpaired) electrons. The number of thioether (sulfide) groups is 1. The van der Waals surface area contributed by atoms with E-state index in [0.29, 0.717) is 5.92 Å². The van der Waals surface area contributed by atoms with Crippen molar-refractivity contribution in [2.45, 2.75) is 63.1 Å². The molecule has 1 saturated carbocycles. The first-order chi connectivity index (χ1) is 9.01. The number of hydrogen-bond donors (Lipinski definition) is 1. The topological polar surface area (TPSA) is 68.0 Å². The predicted octanol–water partition coefficient (Wildman–Crippen LogP) is 2.87. The summed E-state index contributed by atoms with van der Waals surface area (Å²) < 4.78 is 2.19. The van der Waals surface area contributed by atoms with E-state index in [2.05, 4.69) is 35.5 Å². The van der Waals surface area contributed by atoms with E-state index in [1.165, 1.54) is 24.6 Å². The van der Waals surface area contributed by atoms with Gasteiger partial charge in [0, 0.05) is 11.5 Å². The largest absolute Gasteiger partial charge is 0.481 e. The van der Waals surface area contributed by atoms with Gasteiger partial charge in [-0.3, -0.25) is 9.36 Å². The number of carboxylic acids is 1. The van der Waals surface area contributed by atoms with Gasteiger partial charge in [0.2, 0.25) is 0 Å². The van der Waals surface area contributed by atoms with Crippen LogP contribution in [0, 0.1) is 0 Å². The maximum atomic E-state index is 10.7. The van der Waals surface area contributed by atoms with Crippen molar-refractivity contribution in [2.75, 3.05) is 5.75 Å². The summed E-state index contributed by atoms with van der Waals surface area (Å²) in [6.45, 7) is 6.52. The van der Waals surface area contributed by atoms with Gasteiger partial charge in [-0.1, -0.05) is 25.6 Å².